The summed E-state index contributed by atoms with van der Waals surface area (Å²) in [4.78, 5) is 0. The average Bonchev–Trinajstić information content (AvgIpc) is 2.39. The van der Waals surface area contributed by atoms with E-state index in [9.17, 15) is 0 Å². The summed E-state index contributed by atoms with van der Waals surface area (Å²) >= 11 is 0. The molecule has 0 amide bonds. The second-order valence-electron chi connectivity index (χ2n) is 7.31. The third-order valence-corrected chi connectivity index (χ3v) is 4.60. The summed E-state index contributed by atoms with van der Waals surface area (Å²) in [5.74, 6) is 1.02. The van der Waals surface area contributed by atoms with Gasteiger partial charge in [0.05, 0.1) is 0 Å². The van der Waals surface area contributed by atoms with Gasteiger partial charge in [0.1, 0.15) is 0 Å². The maximum absolute atomic E-state index is 2.47. The van der Waals surface area contributed by atoms with E-state index in [1.807, 2.05) is 0 Å². The first-order chi connectivity index (χ1) is 9.05. The summed E-state index contributed by atoms with van der Waals surface area (Å²) in [6.45, 7) is 11.9. The Labute approximate surface area is 123 Å². The van der Waals surface area contributed by atoms with Crippen LogP contribution in [0.5, 0.6) is 0 Å². The van der Waals surface area contributed by atoms with E-state index in [4.69, 9.17) is 0 Å². The van der Waals surface area contributed by atoms with Crippen molar-refractivity contribution in [2.75, 3.05) is 0 Å². The molecule has 0 aliphatic carbocycles. The molecule has 0 saturated carbocycles. The molecule has 0 heterocycles. The van der Waals surface area contributed by atoms with E-state index < -0.39 is 0 Å². The lowest BCUT2D eigenvalue weighted by atomic mass is 9.80. The highest BCUT2D eigenvalue weighted by Crippen LogP contribution is 2.31. The molecule has 0 aliphatic rings. The van der Waals surface area contributed by atoms with Crippen molar-refractivity contribution in [1.29, 1.82) is 0 Å². The van der Waals surface area contributed by atoms with Crippen molar-refractivity contribution < 1.29 is 0 Å². The van der Waals surface area contributed by atoms with Crippen LogP contribution >= 0.6 is 0 Å². The van der Waals surface area contributed by atoms with Crippen LogP contribution in [-0.4, -0.2) is 0 Å². The molecule has 0 aromatic carbocycles. The standard InChI is InChI=1S/C19H40/c1-6-9-13-18(14-10-7-2)15-12-17-19(4,5)16-11-8-3/h18H,6-17H2,1-5H3. The number of hydrogen-bond donors (Lipinski definition) is 0. The van der Waals surface area contributed by atoms with Crippen molar-refractivity contribution >= 4 is 0 Å². The molecule has 0 rings (SSSR count). The van der Waals surface area contributed by atoms with Gasteiger partial charge in [-0.05, 0) is 24.2 Å². The molecule has 0 aromatic heterocycles. The lowest BCUT2D eigenvalue weighted by Crippen LogP contribution is -2.12. The van der Waals surface area contributed by atoms with Gasteiger partial charge in [0.25, 0.3) is 0 Å². The summed E-state index contributed by atoms with van der Waals surface area (Å²) < 4.78 is 0. The average molecular weight is 269 g/mol. The lowest BCUT2D eigenvalue weighted by molar-refractivity contribution is 0.269. The minimum Gasteiger partial charge on any atom is -0.0654 e. The van der Waals surface area contributed by atoms with Gasteiger partial charge >= 0.3 is 0 Å². The van der Waals surface area contributed by atoms with Crippen molar-refractivity contribution in [2.45, 2.75) is 112 Å². The molecule has 0 bridgehead atoms. The largest absolute Gasteiger partial charge is 0.0654 e. The summed E-state index contributed by atoms with van der Waals surface area (Å²) in [7, 11) is 0. The first-order valence-corrected chi connectivity index (χ1v) is 9.05. The van der Waals surface area contributed by atoms with Crippen molar-refractivity contribution in [3.63, 3.8) is 0 Å². The van der Waals surface area contributed by atoms with E-state index in [1.165, 1.54) is 77.0 Å². The van der Waals surface area contributed by atoms with E-state index >= 15 is 0 Å². The molecule has 0 unspecified atom stereocenters. The second kappa shape index (κ2) is 11.8. The Morgan fingerprint density at radius 1 is 0.632 bits per heavy atom. The number of unbranched alkanes of at least 4 members (excludes halogenated alkanes) is 3. The minimum absolute atomic E-state index is 0.579. The van der Waals surface area contributed by atoms with Gasteiger partial charge < -0.3 is 0 Å². The molecule has 0 radical (unpaired) electrons. The minimum atomic E-state index is 0.579. The molecule has 0 nitrogen and oxygen atoms in total. The summed E-state index contributed by atoms with van der Waals surface area (Å²) in [5, 5.41) is 0. The van der Waals surface area contributed by atoms with E-state index in [0.717, 1.165) is 5.92 Å². The summed E-state index contributed by atoms with van der Waals surface area (Å²) in [6, 6.07) is 0. The van der Waals surface area contributed by atoms with E-state index in [0.29, 0.717) is 5.41 Å². The monoisotopic (exact) mass is 268 g/mol. The molecule has 0 saturated heterocycles. The Bertz CT molecular complexity index is 172. The van der Waals surface area contributed by atoms with E-state index in [2.05, 4.69) is 34.6 Å². The predicted molar refractivity (Wildman–Crippen MR) is 89.7 cm³/mol. The molecule has 0 atom stereocenters. The SMILES string of the molecule is CCCCC(CCCC)CCCC(C)(C)CCCC. The predicted octanol–water partition coefficient (Wildman–Crippen LogP) is 7.37. The van der Waals surface area contributed by atoms with Crippen LogP contribution in [0.25, 0.3) is 0 Å². The van der Waals surface area contributed by atoms with E-state index in [-0.39, 0.29) is 0 Å². The highest BCUT2D eigenvalue weighted by Gasteiger charge is 2.17. The number of hydrogen-bond acceptors (Lipinski definition) is 0. The second-order valence-corrected chi connectivity index (χ2v) is 7.31. The van der Waals surface area contributed by atoms with Crippen molar-refractivity contribution in [3.05, 3.63) is 0 Å². The fraction of sp³-hybridized carbons (Fsp3) is 1.00. The van der Waals surface area contributed by atoms with Crippen LogP contribution in [0.3, 0.4) is 0 Å². The fourth-order valence-corrected chi connectivity index (χ4v) is 3.07. The number of rotatable bonds is 13. The smallest absolute Gasteiger partial charge is 0.0354 e. The lowest BCUT2D eigenvalue weighted by Gasteiger charge is -2.25. The first kappa shape index (κ1) is 19.0. The quantitative estimate of drug-likeness (QED) is 0.327. The third kappa shape index (κ3) is 11.5. The maximum atomic E-state index is 2.47. The Hall–Kier alpha value is 0. The molecule has 0 aromatic rings. The Balaban J connectivity index is 3.88. The van der Waals surface area contributed by atoms with Gasteiger partial charge in [-0.3, -0.25) is 0 Å². The normalized spacial score (nSPS) is 12.3. The maximum Gasteiger partial charge on any atom is -0.0354 e. The van der Waals surface area contributed by atoms with Crippen LogP contribution < -0.4 is 0 Å². The zero-order chi connectivity index (χ0) is 14.6. The van der Waals surface area contributed by atoms with Crippen LogP contribution in [0.2, 0.25) is 0 Å². The molecule has 116 valence electrons. The van der Waals surface area contributed by atoms with Crippen molar-refractivity contribution in [3.8, 4) is 0 Å². The van der Waals surface area contributed by atoms with E-state index in [1.54, 1.807) is 0 Å². The van der Waals surface area contributed by atoms with Gasteiger partial charge in [-0.1, -0.05) is 98.8 Å². The summed E-state index contributed by atoms with van der Waals surface area (Å²) in [5.41, 5.74) is 0.579. The Morgan fingerprint density at radius 3 is 1.53 bits per heavy atom. The zero-order valence-electron chi connectivity index (χ0n) is 14.6. The topological polar surface area (TPSA) is 0 Å². The van der Waals surface area contributed by atoms with Crippen LogP contribution in [0.4, 0.5) is 0 Å². The molecule has 0 spiro atoms. The third-order valence-electron chi connectivity index (χ3n) is 4.60. The molecule has 0 fully saturated rings. The van der Waals surface area contributed by atoms with Crippen LogP contribution in [0, 0.1) is 11.3 Å². The van der Waals surface area contributed by atoms with Crippen LogP contribution in [0.1, 0.15) is 112 Å². The highest BCUT2D eigenvalue weighted by atomic mass is 14.2. The molecule has 0 heteroatoms. The molecular formula is C19H40. The molecule has 19 heavy (non-hydrogen) atoms. The van der Waals surface area contributed by atoms with Gasteiger partial charge in [0.15, 0.2) is 0 Å². The molecule has 0 N–H and O–H groups in total. The molecular weight excluding hydrogens is 228 g/mol. The first-order valence-electron chi connectivity index (χ1n) is 9.05. The van der Waals surface area contributed by atoms with Gasteiger partial charge in [-0.15, -0.1) is 0 Å². The van der Waals surface area contributed by atoms with Crippen molar-refractivity contribution in [1.82, 2.24) is 0 Å². The Morgan fingerprint density at radius 2 is 1.05 bits per heavy atom. The van der Waals surface area contributed by atoms with Crippen LogP contribution in [-0.2, 0) is 0 Å². The van der Waals surface area contributed by atoms with Gasteiger partial charge in [-0.25, -0.2) is 0 Å². The van der Waals surface area contributed by atoms with Crippen molar-refractivity contribution in [2.24, 2.45) is 11.3 Å². The van der Waals surface area contributed by atoms with Gasteiger partial charge in [0.2, 0.25) is 0 Å². The van der Waals surface area contributed by atoms with Gasteiger partial charge in [-0.2, -0.15) is 0 Å². The van der Waals surface area contributed by atoms with Gasteiger partial charge in [0, 0.05) is 0 Å². The zero-order valence-corrected chi connectivity index (χ0v) is 14.6. The van der Waals surface area contributed by atoms with Crippen LogP contribution in [0.15, 0.2) is 0 Å². The molecule has 0 aliphatic heterocycles. The highest BCUT2D eigenvalue weighted by molar-refractivity contribution is 4.70. The fourth-order valence-electron chi connectivity index (χ4n) is 3.07. The summed E-state index contributed by atoms with van der Waals surface area (Å²) in [6.07, 6.45) is 17.1. The Kier molecular flexibility index (Phi) is 11.8.